The van der Waals surface area contributed by atoms with Crippen molar-refractivity contribution in [1.82, 2.24) is 0 Å². The predicted octanol–water partition coefficient (Wildman–Crippen LogP) is 3.43. The minimum Gasteiger partial charge on any atom is -0.493 e. The summed E-state index contributed by atoms with van der Waals surface area (Å²) in [6.45, 7) is 3.55. The molecule has 0 saturated carbocycles. The standard InChI is InChI=1S/C17H20N2O2/c1-12-4-2-5-16-17(12)19-15-7-6-14(21-9-3-8-20)10-13(15)11-18-16/h2,4-7,10,18-20H,3,8-9,11H2,1H3. The summed E-state index contributed by atoms with van der Waals surface area (Å²) in [6, 6.07) is 12.3. The number of nitrogens with one attached hydrogen (secondary N) is 2. The number of rotatable bonds is 4. The highest BCUT2D eigenvalue weighted by molar-refractivity contribution is 5.80. The van der Waals surface area contributed by atoms with Crippen molar-refractivity contribution in [2.75, 3.05) is 23.8 Å². The number of ether oxygens (including phenoxy) is 1. The summed E-state index contributed by atoms with van der Waals surface area (Å²) in [4.78, 5) is 0. The molecule has 2 aromatic carbocycles. The molecule has 0 aliphatic carbocycles. The average molecular weight is 284 g/mol. The number of aliphatic hydroxyl groups is 1. The van der Waals surface area contributed by atoms with Crippen molar-refractivity contribution >= 4 is 17.1 Å². The molecule has 4 heteroatoms. The van der Waals surface area contributed by atoms with Crippen molar-refractivity contribution < 1.29 is 9.84 Å². The Morgan fingerprint density at radius 2 is 2.10 bits per heavy atom. The molecule has 0 radical (unpaired) electrons. The van der Waals surface area contributed by atoms with E-state index >= 15 is 0 Å². The number of hydrogen-bond donors (Lipinski definition) is 3. The molecule has 2 aromatic rings. The van der Waals surface area contributed by atoms with Crippen molar-refractivity contribution in [1.29, 1.82) is 0 Å². The maximum absolute atomic E-state index is 8.80. The molecule has 1 aliphatic heterocycles. The van der Waals surface area contributed by atoms with E-state index in [0.717, 1.165) is 29.4 Å². The first-order valence-electron chi connectivity index (χ1n) is 7.25. The Morgan fingerprint density at radius 3 is 2.95 bits per heavy atom. The van der Waals surface area contributed by atoms with Crippen LogP contribution in [0.4, 0.5) is 17.1 Å². The number of aliphatic hydroxyl groups excluding tert-OH is 1. The second kappa shape index (κ2) is 6.06. The van der Waals surface area contributed by atoms with Gasteiger partial charge >= 0.3 is 0 Å². The molecule has 3 N–H and O–H groups in total. The van der Waals surface area contributed by atoms with Crippen LogP contribution in [0.25, 0.3) is 0 Å². The highest BCUT2D eigenvalue weighted by Gasteiger charge is 2.14. The third-order valence-corrected chi connectivity index (χ3v) is 3.65. The summed E-state index contributed by atoms with van der Waals surface area (Å²) >= 11 is 0. The molecule has 1 heterocycles. The molecular formula is C17H20N2O2. The van der Waals surface area contributed by atoms with Crippen molar-refractivity contribution in [2.45, 2.75) is 19.9 Å². The number of fused-ring (bicyclic) bond motifs is 2. The SMILES string of the molecule is Cc1cccc2c1Nc1ccc(OCCCO)cc1CN2. The molecule has 0 unspecified atom stereocenters. The van der Waals surface area contributed by atoms with Crippen LogP contribution in [0.15, 0.2) is 36.4 Å². The van der Waals surface area contributed by atoms with Gasteiger partial charge in [-0.1, -0.05) is 12.1 Å². The van der Waals surface area contributed by atoms with Crippen molar-refractivity contribution in [3.8, 4) is 5.75 Å². The Labute approximate surface area is 124 Å². The molecule has 0 fully saturated rings. The maximum atomic E-state index is 8.80. The smallest absolute Gasteiger partial charge is 0.119 e. The summed E-state index contributed by atoms with van der Waals surface area (Å²) < 4.78 is 5.64. The van der Waals surface area contributed by atoms with E-state index in [1.54, 1.807) is 0 Å². The Hall–Kier alpha value is -2.20. The van der Waals surface area contributed by atoms with Crippen LogP contribution < -0.4 is 15.4 Å². The van der Waals surface area contributed by atoms with E-state index in [0.29, 0.717) is 13.0 Å². The summed E-state index contributed by atoms with van der Waals surface area (Å²) in [6.07, 6.45) is 0.651. The van der Waals surface area contributed by atoms with Gasteiger partial charge in [0, 0.05) is 25.3 Å². The van der Waals surface area contributed by atoms with E-state index < -0.39 is 0 Å². The fourth-order valence-electron chi connectivity index (χ4n) is 2.49. The molecule has 0 bridgehead atoms. The quantitative estimate of drug-likeness (QED) is 0.753. The zero-order valence-corrected chi connectivity index (χ0v) is 12.1. The molecule has 110 valence electrons. The van der Waals surface area contributed by atoms with Gasteiger partial charge in [-0.15, -0.1) is 0 Å². The second-order valence-corrected chi connectivity index (χ2v) is 5.22. The summed E-state index contributed by atoms with van der Waals surface area (Å²) in [5.41, 5.74) is 5.74. The lowest BCUT2D eigenvalue weighted by Gasteiger charge is -2.12. The van der Waals surface area contributed by atoms with E-state index in [1.807, 2.05) is 18.2 Å². The lowest BCUT2D eigenvalue weighted by Crippen LogP contribution is -2.02. The van der Waals surface area contributed by atoms with Gasteiger partial charge in [0.25, 0.3) is 0 Å². The Kier molecular flexibility index (Phi) is 3.97. The van der Waals surface area contributed by atoms with Crippen LogP contribution in [-0.2, 0) is 6.54 Å². The van der Waals surface area contributed by atoms with Gasteiger partial charge in [0.1, 0.15) is 5.75 Å². The fourth-order valence-corrected chi connectivity index (χ4v) is 2.49. The molecule has 4 nitrogen and oxygen atoms in total. The highest BCUT2D eigenvalue weighted by atomic mass is 16.5. The number of para-hydroxylation sites is 1. The zero-order chi connectivity index (χ0) is 14.7. The van der Waals surface area contributed by atoms with E-state index in [9.17, 15) is 0 Å². The molecule has 0 atom stereocenters. The normalized spacial score (nSPS) is 12.5. The summed E-state index contributed by atoms with van der Waals surface area (Å²) in [5.74, 6) is 0.841. The Balaban J connectivity index is 1.84. The van der Waals surface area contributed by atoms with Gasteiger partial charge in [0.15, 0.2) is 0 Å². The molecule has 0 aromatic heterocycles. The molecule has 1 aliphatic rings. The Morgan fingerprint density at radius 1 is 1.19 bits per heavy atom. The van der Waals surface area contributed by atoms with Gasteiger partial charge in [-0.05, 0) is 42.3 Å². The van der Waals surface area contributed by atoms with E-state index in [1.165, 1.54) is 11.1 Å². The van der Waals surface area contributed by atoms with Gasteiger partial charge in [0.05, 0.1) is 18.0 Å². The first-order valence-corrected chi connectivity index (χ1v) is 7.25. The highest BCUT2D eigenvalue weighted by Crippen LogP contribution is 2.35. The van der Waals surface area contributed by atoms with Gasteiger partial charge in [-0.2, -0.15) is 0 Å². The lowest BCUT2D eigenvalue weighted by molar-refractivity contribution is 0.233. The molecule has 3 rings (SSSR count). The van der Waals surface area contributed by atoms with E-state index in [2.05, 4.69) is 35.8 Å². The van der Waals surface area contributed by atoms with Crippen LogP contribution >= 0.6 is 0 Å². The van der Waals surface area contributed by atoms with Crippen LogP contribution in [0.5, 0.6) is 5.75 Å². The van der Waals surface area contributed by atoms with Crippen LogP contribution in [-0.4, -0.2) is 18.3 Å². The first-order chi connectivity index (χ1) is 10.3. The van der Waals surface area contributed by atoms with Crippen molar-refractivity contribution in [2.24, 2.45) is 0 Å². The average Bonchev–Trinajstić information content (AvgIpc) is 2.68. The van der Waals surface area contributed by atoms with E-state index in [-0.39, 0.29) is 6.61 Å². The van der Waals surface area contributed by atoms with Gasteiger partial charge < -0.3 is 20.5 Å². The number of anilines is 3. The summed E-state index contributed by atoms with van der Waals surface area (Å²) in [7, 11) is 0. The summed E-state index contributed by atoms with van der Waals surface area (Å²) in [5, 5.41) is 15.8. The van der Waals surface area contributed by atoms with Crippen LogP contribution in [0.2, 0.25) is 0 Å². The predicted molar refractivity (Wildman–Crippen MR) is 85.4 cm³/mol. The number of hydrogen-bond acceptors (Lipinski definition) is 4. The first kappa shape index (κ1) is 13.8. The monoisotopic (exact) mass is 284 g/mol. The van der Waals surface area contributed by atoms with Gasteiger partial charge in [-0.25, -0.2) is 0 Å². The molecular weight excluding hydrogens is 264 g/mol. The van der Waals surface area contributed by atoms with Gasteiger partial charge in [0.2, 0.25) is 0 Å². The number of benzene rings is 2. The number of aryl methyl sites for hydroxylation is 1. The fraction of sp³-hybridized carbons (Fsp3) is 0.294. The van der Waals surface area contributed by atoms with Gasteiger partial charge in [-0.3, -0.25) is 0 Å². The lowest BCUT2D eigenvalue weighted by atomic mass is 10.1. The molecule has 0 spiro atoms. The topological polar surface area (TPSA) is 53.5 Å². The Bertz CT molecular complexity index is 641. The largest absolute Gasteiger partial charge is 0.493 e. The van der Waals surface area contributed by atoms with Crippen LogP contribution in [0.1, 0.15) is 17.5 Å². The van der Waals surface area contributed by atoms with Crippen molar-refractivity contribution in [3.05, 3.63) is 47.5 Å². The van der Waals surface area contributed by atoms with Crippen LogP contribution in [0, 0.1) is 6.92 Å². The minimum absolute atomic E-state index is 0.155. The second-order valence-electron chi connectivity index (χ2n) is 5.22. The maximum Gasteiger partial charge on any atom is 0.119 e. The third-order valence-electron chi connectivity index (χ3n) is 3.65. The molecule has 0 saturated heterocycles. The van der Waals surface area contributed by atoms with E-state index in [4.69, 9.17) is 9.84 Å². The third kappa shape index (κ3) is 2.95. The minimum atomic E-state index is 0.155. The molecule has 21 heavy (non-hydrogen) atoms. The van der Waals surface area contributed by atoms with Crippen LogP contribution in [0.3, 0.4) is 0 Å². The zero-order valence-electron chi connectivity index (χ0n) is 12.1. The van der Waals surface area contributed by atoms with Crippen molar-refractivity contribution in [3.63, 3.8) is 0 Å². The molecule has 0 amide bonds.